The lowest BCUT2D eigenvalue weighted by molar-refractivity contribution is 0.0961. The van der Waals surface area contributed by atoms with Crippen molar-refractivity contribution in [2.45, 2.75) is 5.55 Å². The van der Waals surface area contributed by atoms with Crippen molar-refractivity contribution in [2.24, 2.45) is 0 Å². The lowest BCUT2D eigenvalue weighted by atomic mass is 10.6. The van der Waals surface area contributed by atoms with Gasteiger partial charge in [0.2, 0.25) is 14.7 Å². The van der Waals surface area contributed by atoms with E-state index in [1.807, 2.05) is 0 Å². The van der Waals surface area contributed by atoms with Crippen LogP contribution in [0.5, 0.6) is 0 Å². The van der Waals surface area contributed by atoms with E-state index in [-0.39, 0.29) is 0 Å². The van der Waals surface area contributed by atoms with Gasteiger partial charge >= 0.3 is 6.08 Å². The van der Waals surface area contributed by atoms with Crippen molar-refractivity contribution in [1.29, 1.82) is 0 Å². The van der Waals surface area contributed by atoms with Crippen LogP contribution in [-0.4, -0.2) is 14.4 Å². The van der Waals surface area contributed by atoms with Crippen molar-refractivity contribution in [2.75, 3.05) is 0 Å². The fourth-order valence-corrected chi connectivity index (χ4v) is 0.800. The Morgan fingerprint density at radius 1 is 1.20 bits per heavy atom. The Morgan fingerprint density at radius 3 is 1.70 bits per heavy atom. The maximum Gasteiger partial charge on any atom is 0.307 e. The molecule has 7 heteroatoms. The molecule has 0 saturated carbocycles. The summed E-state index contributed by atoms with van der Waals surface area (Å²) in [4.78, 5) is 0. The standard InChI is InChI=1S/C3H2ClF5Si/c4-10-3(8,9)1(5)2(6)7/h10H2. The number of alkyl halides is 2. The van der Waals surface area contributed by atoms with Crippen LogP contribution in [-0.2, 0) is 0 Å². The van der Waals surface area contributed by atoms with Gasteiger partial charge in [0.25, 0.3) is 5.55 Å². The first kappa shape index (κ1) is 9.90. The van der Waals surface area contributed by atoms with Crippen molar-refractivity contribution in [3.63, 3.8) is 0 Å². The van der Waals surface area contributed by atoms with E-state index < -0.39 is 26.3 Å². The third-order valence-electron chi connectivity index (χ3n) is 0.655. The first-order valence-electron chi connectivity index (χ1n) is 2.07. The molecule has 0 fully saturated rings. The summed E-state index contributed by atoms with van der Waals surface area (Å²) in [5.41, 5.74) is -4.11. The molecule has 0 aliphatic carbocycles. The zero-order valence-electron chi connectivity index (χ0n) is 4.47. The molecular weight excluding hydrogens is 195 g/mol. The molecule has 0 spiro atoms. The predicted octanol–water partition coefficient (Wildman–Crippen LogP) is 1.98. The summed E-state index contributed by atoms with van der Waals surface area (Å²) in [5, 5.41) is 0. The van der Waals surface area contributed by atoms with Crippen molar-refractivity contribution in [3.05, 3.63) is 11.9 Å². The summed E-state index contributed by atoms with van der Waals surface area (Å²) in [6.07, 6.45) is -3.00. The van der Waals surface area contributed by atoms with E-state index in [1.54, 1.807) is 0 Å². The van der Waals surface area contributed by atoms with Gasteiger partial charge in [0.15, 0.2) is 0 Å². The molecule has 0 saturated heterocycles. The Bertz CT molecular complexity index is 151. The summed E-state index contributed by atoms with van der Waals surface area (Å²) in [6.45, 7) is 0. The highest BCUT2D eigenvalue weighted by Crippen LogP contribution is 2.28. The zero-order valence-corrected chi connectivity index (χ0v) is 6.65. The first-order valence-corrected chi connectivity index (χ1v) is 4.91. The minimum Gasteiger partial charge on any atom is -0.203 e. The van der Waals surface area contributed by atoms with Crippen LogP contribution >= 0.6 is 11.1 Å². The second-order valence-electron chi connectivity index (χ2n) is 1.41. The summed E-state index contributed by atoms with van der Waals surface area (Å²) in [6, 6.07) is 0. The highest BCUT2D eigenvalue weighted by Gasteiger charge is 2.38. The highest BCUT2D eigenvalue weighted by atomic mass is 35.6. The lowest BCUT2D eigenvalue weighted by Gasteiger charge is -2.07. The molecular formula is C3H2ClF5Si. The van der Waals surface area contributed by atoms with Crippen molar-refractivity contribution in [1.82, 2.24) is 0 Å². The molecule has 0 nitrogen and oxygen atoms in total. The SMILES string of the molecule is FC(F)=C(F)C(F)(F)[SiH2]Cl. The van der Waals surface area contributed by atoms with Gasteiger partial charge in [-0.3, -0.25) is 0 Å². The predicted molar refractivity (Wildman–Crippen MR) is 29.7 cm³/mol. The molecule has 0 aliphatic heterocycles. The molecule has 0 radical (unpaired) electrons. The fraction of sp³-hybridized carbons (Fsp3) is 0.333. The molecule has 60 valence electrons. The summed E-state index contributed by atoms with van der Waals surface area (Å²) < 4.78 is 57.5. The van der Waals surface area contributed by atoms with Crippen LogP contribution in [0.4, 0.5) is 22.0 Å². The van der Waals surface area contributed by atoms with Gasteiger partial charge < -0.3 is 0 Å². The number of rotatable bonds is 2. The Balaban J connectivity index is 4.49. The Kier molecular flexibility index (Phi) is 3.30. The van der Waals surface area contributed by atoms with Crippen molar-refractivity contribution in [3.8, 4) is 0 Å². The first-order chi connectivity index (χ1) is 4.41. The van der Waals surface area contributed by atoms with Crippen LogP contribution in [0.1, 0.15) is 0 Å². The average molecular weight is 197 g/mol. The van der Waals surface area contributed by atoms with Gasteiger partial charge in [0.05, 0.1) is 0 Å². The van der Waals surface area contributed by atoms with Gasteiger partial charge in [-0.05, 0) is 0 Å². The summed E-state index contributed by atoms with van der Waals surface area (Å²) in [7, 11) is -2.62. The monoisotopic (exact) mass is 196 g/mol. The second-order valence-corrected chi connectivity index (χ2v) is 3.37. The Labute approximate surface area is 60.2 Å². The number of hydrogen-bond donors (Lipinski definition) is 0. The van der Waals surface area contributed by atoms with E-state index in [2.05, 4.69) is 11.1 Å². The van der Waals surface area contributed by atoms with E-state index in [0.29, 0.717) is 0 Å². The quantitative estimate of drug-likeness (QED) is 0.360. The fourth-order valence-electron chi connectivity index (χ4n) is 0.197. The molecule has 10 heavy (non-hydrogen) atoms. The van der Waals surface area contributed by atoms with Crippen LogP contribution in [0.15, 0.2) is 11.9 Å². The largest absolute Gasteiger partial charge is 0.307 e. The van der Waals surface area contributed by atoms with E-state index in [1.165, 1.54) is 0 Å². The minimum atomic E-state index is -4.11. The number of allylic oxidation sites excluding steroid dienone is 1. The molecule has 0 atom stereocenters. The summed E-state index contributed by atoms with van der Waals surface area (Å²) >= 11 is 4.61. The molecule has 0 aliphatic rings. The van der Waals surface area contributed by atoms with Crippen LogP contribution in [0.2, 0.25) is 0 Å². The maximum atomic E-state index is 11.8. The minimum absolute atomic E-state index is 2.62. The van der Waals surface area contributed by atoms with Gasteiger partial charge in [-0.2, -0.15) is 24.3 Å². The normalized spacial score (nSPS) is 12.6. The average Bonchev–Trinajstić information content (AvgIpc) is 1.86. The molecule has 0 aromatic rings. The Hall–Kier alpha value is -0.103. The van der Waals surface area contributed by atoms with Gasteiger partial charge in [-0.25, -0.2) is 8.78 Å². The van der Waals surface area contributed by atoms with Crippen LogP contribution in [0.3, 0.4) is 0 Å². The molecule has 0 rings (SSSR count). The highest BCUT2D eigenvalue weighted by molar-refractivity contribution is 6.95. The topological polar surface area (TPSA) is 0 Å². The third-order valence-corrected chi connectivity index (χ3v) is 2.31. The number of halogens is 6. The van der Waals surface area contributed by atoms with Gasteiger partial charge in [0.1, 0.15) is 0 Å². The molecule has 0 N–H and O–H groups in total. The number of hydrogen-bond acceptors (Lipinski definition) is 0. The van der Waals surface area contributed by atoms with E-state index in [9.17, 15) is 22.0 Å². The van der Waals surface area contributed by atoms with Crippen LogP contribution in [0.25, 0.3) is 0 Å². The van der Waals surface area contributed by atoms with Crippen LogP contribution < -0.4 is 0 Å². The van der Waals surface area contributed by atoms with E-state index in [0.717, 1.165) is 0 Å². The zero-order chi connectivity index (χ0) is 8.36. The third kappa shape index (κ3) is 2.26. The molecule has 0 amide bonds. The van der Waals surface area contributed by atoms with Gasteiger partial charge in [-0.1, -0.05) is 0 Å². The molecule has 0 aromatic carbocycles. The van der Waals surface area contributed by atoms with E-state index >= 15 is 0 Å². The Morgan fingerprint density at radius 2 is 1.60 bits per heavy atom. The maximum absolute atomic E-state index is 11.8. The van der Waals surface area contributed by atoms with Gasteiger partial charge in [0, 0.05) is 0 Å². The second kappa shape index (κ2) is 3.34. The van der Waals surface area contributed by atoms with Crippen LogP contribution in [0, 0.1) is 0 Å². The molecule has 0 aromatic heterocycles. The smallest absolute Gasteiger partial charge is 0.203 e. The van der Waals surface area contributed by atoms with Crippen molar-refractivity contribution >= 4 is 19.9 Å². The summed E-state index contributed by atoms with van der Waals surface area (Å²) in [5.74, 6) is -2.70. The molecule has 0 heterocycles. The van der Waals surface area contributed by atoms with Crippen molar-refractivity contribution < 1.29 is 22.0 Å². The lowest BCUT2D eigenvalue weighted by Crippen LogP contribution is -2.22. The molecule has 0 unspecified atom stereocenters. The van der Waals surface area contributed by atoms with Gasteiger partial charge in [-0.15, -0.1) is 0 Å². The van der Waals surface area contributed by atoms with E-state index in [4.69, 9.17) is 0 Å². The molecule has 0 bridgehead atoms.